The van der Waals surface area contributed by atoms with E-state index in [0.717, 1.165) is 167 Å². The van der Waals surface area contributed by atoms with Gasteiger partial charge in [-0.15, -0.1) is 0 Å². The quantitative estimate of drug-likeness (QED) is 0.0197. The highest BCUT2D eigenvalue weighted by Crippen LogP contribution is 2.43. The summed E-state index contributed by atoms with van der Waals surface area (Å²) >= 11 is 0. The van der Waals surface area contributed by atoms with Crippen LogP contribution in [0.4, 0.5) is 0 Å². The van der Waals surface area contributed by atoms with Crippen molar-refractivity contribution in [3.8, 4) is 0 Å². The zero-order valence-electron chi connectivity index (χ0n) is 50.0. The molecule has 0 aliphatic heterocycles. The maximum absolute atomic E-state index is 12.9. The van der Waals surface area contributed by atoms with Gasteiger partial charge in [0.05, 0.1) is 19.8 Å². The SMILES string of the molecule is CC/C=C\C/C=C\C/C=C\C/C=C\C/C=C\CCCCCC(=O)OC(COC(=O)CCCCCCC/C=C\C/C=C\C/C=C\CC)COP(=O)(O)OCC(CO)OC(=O)CCCCCCCC/C=C\C/C=C\C/C=C\C/C=C\CC. The Bertz CT molecular complexity index is 1900. The van der Waals surface area contributed by atoms with E-state index in [2.05, 4.69) is 167 Å². The first-order chi connectivity index (χ1) is 39.2. The van der Waals surface area contributed by atoms with Crippen LogP contribution in [0.15, 0.2) is 146 Å². The molecule has 0 amide bonds. The van der Waals surface area contributed by atoms with Crippen LogP contribution < -0.4 is 0 Å². The molecule has 0 aliphatic carbocycles. The van der Waals surface area contributed by atoms with Gasteiger partial charge in [-0.25, -0.2) is 4.57 Å². The van der Waals surface area contributed by atoms with Crippen molar-refractivity contribution in [2.24, 2.45) is 0 Å². The van der Waals surface area contributed by atoms with Gasteiger partial charge in [0.15, 0.2) is 6.10 Å². The van der Waals surface area contributed by atoms with Crippen LogP contribution in [0, 0.1) is 0 Å². The second kappa shape index (κ2) is 60.5. The Labute approximate surface area is 486 Å². The van der Waals surface area contributed by atoms with Crippen molar-refractivity contribution in [1.29, 1.82) is 0 Å². The monoisotopic (exact) mass is 1130 g/mol. The van der Waals surface area contributed by atoms with Crippen LogP contribution in [-0.2, 0) is 42.2 Å². The average Bonchev–Trinajstić information content (AvgIpc) is 3.45. The molecule has 0 spiro atoms. The molecule has 0 saturated heterocycles. The Morgan fingerprint density at radius 2 is 0.613 bits per heavy atom. The van der Waals surface area contributed by atoms with Gasteiger partial charge in [0, 0.05) is 19.3 Å². The highest BCUT2D eigenvalue weighted by molar-refractivity contribution is 7.47. The second-order valence-corrected chi connectivity index (χ2v) is 21.2. The number of aliphatic hydroxyl groups excluding tert-OH is 1. The summed E-state index contributed by atoms with van der Waals surface area (Å²) in [5, 5.41) is 9.85. The zero-order valence-corrected chi connectivity index (χ0v) is 50.9. The molecule has 3 unspecified atom stereocenters. The molecule has 452 valence electrons. The molecule has 0 aromatic heterocycles. The van der Waals surface area contributed by atoms with Crippen molar-refractivity contribution >= 4 is 25.7 Å². The first kappa shape index (κ1) is 75.4. The third-order valence-corrected chi connectivity index (χ3v) is 13.2. The lowest BCUT2D eigenvalue weighted by atomic mass is 10.1. The van der Waals surface area contributed by atoms with Crippen molar-refractivity contribution < 1.29 is 52.2 Å². The van der Waals surface area contributed by atoms with E-state index >= 15 is 0 Å². The predicted molar refractivity (Wildman–Crippen MR) is 334 cm³/mol. The van der Waals surface area contributed by atoms with Gasteiger partial charge in [0.2, 0.25) is 0 Å². The number of allylic oxidation sites excluding steroid dienone is 24. The van der Waals surface area contributed by atoms with Crippen LogP contribution in [0.1, 0.15) is 226 Å². The van der Waals surface area contributed by atoms with E-state index in [-0.39, 0.29) is 25.9 Å². The summed E-state index contributed by atoms with van der Waals surface area (Å²) in [5.41, 5.74) is 0. The minimum atomic E-state index is -4.78. The first-order valence-electron chi connectivity index (χ1n) is 30.7. The number of phosphoric acid groups is 1. The van der Waals surface area contributed by atoms with Gasteiger partial charge in [-0.1, -0.05) is 218 Å². The number of aliphatic hydroxyl groups is 1. The first-order valence-corrected chi connectivity index (χ1v) is 32.2. The third-order valence-electron chi connectivity index (χ3n) is 12.2. The lowest BCUT2D eigenvalue weighted by Gasteiger charge is -2.21. The van der Waals surface area contributed by atoms with Crippen LogP contribution in [0.25, 0.3) is 0 Å². The Morgan fingerprint density at radius 3 is 0.950 bits per heavy atom. The van der Waals surface area contributed by atoms with Crippen molar-refractivity contribution in [3.05, 3.63) is 146 Å². The van der Waals surface area contributed by atoms with E-state index in [1.165, 1.54) is 0 Å². The molecule has 0 aliphatic rings. The van der Waals surface area contributed by atoms with Gasteiger partial charge in [0.25, 0.3) is 0 Å². The molecular weight excluding hydrogens is 1020 g/mol. The number of esters is 3. The van der Waals surface area contributed by atoms with Gasteiger partial charge in [0.1, 0.15) is 12.7 Å². The van der Waals surface area contributed by atoms with E-state index in [9.17, 15) is 28.9 Å². The summed E-state index contributed by atoms with van der Waals surface area (Å²) in [4.78, 5) is 48.7. The summed E-state index contributed by atoms with van der Waals surface area (Å²) in [6, 6.07) is 0. The fraction of sp³-hybridized carbons (Fsp3) is 0.603. The van der Waals surface area contributed by atoms with Gasteiger partial charge in [-0.05, 0) is 135 Å². The average molecular weight is 1130 g/mol. The largest absolute Gasteiger partial charge is 0.472 e. The number of ether oxygens (including phenoxy) is 3. The molecule has 0 heterocycles. The molecule has 0 radical (unpaired) electrons. The number of carbonyl (C=O) groups excluding carboxylic acids is 3. The van der Waals surface area contributed by atoms with Crippen LogP contribution in [0.5, 0.6) is 0 Å². The Kier molecular flexibility index (Phi) is 56.9. The molecule has 0 fully saturated rings. The second-order valence-electron chi connectivity index (χ2n) is 19.7. The smallest absolute Gasteiger partial charge is 0.462 e. The van der Waals surface area contributed by atoms with Gasteiger partial charge < -0.3 is 24.2 Å². The standard InChI is InChI=1S/C68H109O11P/c1-4-7-10-13-16-19-22-25-28-30-32-34-37-40-43-46-49-52-55-58-67(71)78-64(60-69)62-76-80(73,74)77-63-65(61-75-66(70)57-54-51-48-45-42-39-36-27-24-21-18-15-12-9-6-3)79-68(72)59-56-53-50-47-44-41-38-35-33-31-29-26-23-20-17-14-11-8-5-2/h7-12,16-21,25-29,32-36,41,44,64-65,69H,4-6,13-15,22-24,30-31,37-40,42-43,45-63H2,1-3H3,(H,73,74)/b10-7-,11-8-,12-9-,19-16-,20-17-,21-18-,28-25-,29-26-,34-32-,35-33-,36-27-,44-41-. The molecule has 0 saturated carbocycles. The Hall–Kier alpha value is -4.64. The highest BCUT2D eigenvalue weighted by atomic mass is 31.2. The van der Waals surface area contributed by atoms with Crippen LogP contribution in [0.3, 0.4) is 0 Å². The fourth-order valence-electron chi connectivity index (χ4n) is 7.68. The Balaban J connectivity index is 4.80. The molecular formula is C68H109O11P. The molecule has 2 N–H and O–H groups in total. The van der Waals surface area contributed by atoms with E-state index in [4.69, 9.17) is 23.3 Å². The van der Waals surface area contributed by atoms with Crippen LogP contribution >= 0.6 is 7.82 Å². The summed E-state index contributed by atoms with van der Waals surface area (Å²) in [5.74, 6) is -1.55. The number of rotatable bonds is 55. The summed E-state index contributed by atoms with van der Waals surface area (Å²) in [6.45, 7) is 4.22. The summed E-state index contributed by atoms with van der Waals surface area (Å²) in [7, 11) is -4.78. The number of carbonyl (C=O) groups is 3. The van der Waals surface area contributed by atoms with Crippen LogP contribution in [0.2, 0.25) is 0 Å². The van der Waals surface area contributed by atoms with E-state index < -0.39 is 57.8 Å². The summed E-state index contributed by atoms with van der Waals surface area (Å²) in [6.07, 6.45) is 78.0. The highest BCUT2D eigenvalue weighted by Gasteiger charge is 2.28. The zero-order chi connectivity index (χ0) is 58.3. The van der Waals surface area contributed by atoms with Crippen molar-refractivity contribution in [2.45, 2.75) is 238 Å². The Morgan fingerprint density at radius 1 is 0.350 bits per heavy atom. The molecule has 0 rings (SSSR count). The minimum Gasteiger partial charge on any atom is -0.462 e. The molecule has 0 bridgehead atoms. The van der Waals surface area contributed by atoms with E-state index in [1.54, 1.807) is 0 Å². The number of hydrogen-bond donors (Lipinski definition) is 2. The maximum atomic E-state index is 12.9. The molecule has 0 aromatic carbocycles. The molecule has 0 aromatic rings. The third kappa shape index (κ3) is 58.0. The van der Waals surface area contributed by atoms with Gasteiger partial charge >= 0.3 is 25.7 Å². The lowest BCUT2D eigenvalue weighted by Crippen LogP contribution is -2.30. The molecule has 12 heteroatoms. The normalized spacial score (nSPS) is 14.3. The van der Waals surface area contributed by atoms with Crippen LogP contribution in [-0.4, -0.2) is 66.5 Å². The molecule has 80 heavy (non-hydrogen) atoms. The van der Waals surface area contributed by atoms with Crippen molar-refractivity contribution in [2.75, 3.05) is 26.4 Å². The summed E-state index contributed by atoms with van der Waals surface area (Å²) < 4.78 is 39.6. The van der Waals surface area contributed by atoms with E-state index in [1.807, 2.05) is 0 Å². The van der Waals surface area contributed by atoms with Gasteiger partial charge in [-0.2, -0.15) is 0 Å². The molecule has 3 atom stereocenters. The lowest BCUT2D eigenvalue weighted by molar-refractivity contribution is -0.161. The number of phosphoric ester groups is 1. The number of hydrogen-bond acceptors (Lipinski definition) is 10. The van der Waals surface area contributed by atoms with Crippen molar-refractivity contribution in [1.82, 2.24) is 0 Å². The van der Waals surface area contributed by atoms with E-state index in [0.29, 0.717) is 19.3 Å². The fourth-order valence-corrected chi connectivity index (χ4v) is 8.47. The predicted octanol–water partition coefficient (Wildman–Crippen LogP) is 18.7. The molecule has 11 nitrogen and oxygen atoms in total. The van der Waals surface area contributed by atoms with Gasteiger partial charge in [-0.3, -0.25) is 23.4 Å². The van der Waals surface area contributed by atoms with Crippen molar-refractivity contribution in [3.63, 3.8) is 0 Å². The maximum Gasteiger partial charge on any atom is 0.472 e. The topological polar surface area (TPSA) is 155 Å². The minimum absolute atomic E-state index is 0.115. The number of unbranched alkanes of at least 4 members (excludes halogenated alkanes) is 14.